The molecule has 2 aliphatic carbocycles. The number of benzene rings is 1. The second kappa shape index (κ2) is 9.48. The molecule has 3 aromatic heterocycles. The van der Waals surface area contributed by atoms with Crippen LogP contribution in [0.4, 0.5) is 10.7 Å². The van der Waals surface area contributed by atoms with Gasteiger partial charge in [0.1, 0.15) is 5.60 Å². The second-order valence-electron chi connectivity index (χ2n) is 11.4. The van der Waals surface area contributed by atoms with Gasteiger partial charge in [0, 0.05) is 29.4 Å². The molecule has 0 unspecified atom stereocenters. The predicted molar refractivity (Wildman–Crippen MR) is 148 cm³/mol. The molecular weight excluding hydrogens is 492 g/mol. The van der Waals surface area contributed by atoms with Crippen LogP contribution in [0.15, 0.2) is 60.9 Å². The fourth-order valence-electron chi connectivity index (χ4n) is 5.02. The minimum absolute atomic E-state index is 0.0370. The van der Waals surface area contributed by atoms with Gasteiger partial charge in [0.05, 0.1) is 16.9 Å². The van der Waals surface area contributed by atoms with E-state index >= 15 is 0 Å². The molecule has 9 heteroatoms. The van der Waals surface area contributed by atoms with Gasteiger partial charge < -0.3 is 10.1 Å². The van der Waals surface area contributed by atoms with Crippen molar-refractivity contribution in [2.24, 2.45) is 5.92 Å². The van der Waals surface area contributed by atoms with E-state index in [0.717, 1.165) is 60.1 Å². The Kier molecular flexibility index (Phi) is 6.09. The van der Waals surface area contributed by atoms with Gasteiger partial charge in [-0.2, -0.15) is 4.98 Å². The number of anilines is 1. The Morgan fingerprint density at radius 3 is 2.44 bits per heavy atom. The van der Waals surface area contributed by atoms with Crippen molar-refractivity contribution in [3.8, 4) is 17.1 Å². The molecule has 2 amide bonds. The van der Waals surface area contributed by atoms with Gasteiger partial charge >= 0.3 is 6.09 Å². The molecule has 0 bridgehead atoms. The fraction of sp³-hybridized carbons (Fsp3) is 0.367. The quantitative estimate of drug-likeness (QED) is 0.333. The molecule has 9 nitrogen and oxygen atoms in total. The number of carbonyl (C=O) groups is 2. The lowest BCUT2D eigenvalue weighted by Gasteiger charge is -2.43. The van der Waals surface area contributed by atoms with E-state index in [1.165, 1.54) is 0 Å². The van der Waals surface area contributed by atoms with Crippen LogP contribution in [0.25, 0.3) is 28.1 Å². The second-order valence-corrected chi connectivity index (χ2v) is 11.4. The number of nitrogens with one attached hydrogen (secondary N) is 2. The van der Waals surface area contributed by atoms with Crippen molar-refractivity contribution in [1.29, 1.82) is 0 Å². The lowest BCUT2D eigenvalue weighted by Crippen LogP contribution is -2.52. The maximum atomic E-state index is 12.6. The van der Waals surface area contributed by atoms with Gasteiger partial charge in [-0.25, -0.2) is 9.78 Å². The molecule has 0 atom stereocenters. The van der Waals surface area contributed by atoms with Gasteiger partial charge in [0.2, 0.25) is 11.9 Å². The van der Waals surface area contributed by atoms with Crippen LogP contribution >= 0.6 is 0 Å². The SMILES string of the molecule is CC(C)(C)OC(=O)NC1(c2ccc(-n3c(-c4ccccn4)cc4cnc(NC(=O)C5CC5)nc43)cc2)CCC1. The first kappa shape index (κ1) is 25.0. The molecule has 2 aliphatic rings. The van der Waals surface area contributed by atoms with Crippen LogP contribution in [-0.2, 0) is 15.1 Å². The summed E-state index contributed by atoms with van der Waals surface area (Å²) < 4.78 is 7.57. The van der Waals surface area contributed by atoms with Crippen LogP contribution in [0.2, 0.25) is 0 Å². The van der Waals surface area contributed by atoms with E-state index in [0.29, 0.717) is 5.65 Å². The number of hydrogen-bond acceptors (Lipinski definition) is 6. The minimum atomic E-state index is -0.560. The van der Waals surface area contributed by atoms with E-state index in [2.05, 4.69) is 32.7 Å². The molecule has 6 rings (SSSR count). The lowest BCUT2D eigenvalue weighted by molar-refractivity contribution is -0.117. The Morgan fingerprint density at radius 1 is 1.05 bits per heavy atom. The largest absolute Gasteiger partial charge is 0.444 e. The topological polar surface area (TPSA) is 111 Å². The molecule has 0 radical (unpaired) electrons. The van der Waals surface area contributed by atoms with Gasteiger partial charge in [-0.1, -0.05) is 18.2 Å². The van der Waals surface area contributed by atoms with Crippen LogP contribution in [-0.4, -0.2) is 37.1 Å². The number of nitrogens with zero attached hydrogens (tertiary/aromatic N) is 4. The highest BCUT2D eigenvalue weighted by Gasteiger charge is 2.41. The molecule has 2 N–H and O–H groups in total. The molecule has 2 saturated carbocycles. The van der Waals surface area contributed by atoms with Gasteiger partial charge in [-0.15, -0.1) is 0 Å². The van der Waals surface area contributed by atoms with Crippen LogP contribution in [0.1, 0.15) is 58.4 Å². The summed E-state index contributed by atoms with van der Waals surface area (Å²) in [6, 6.07) is 16.0. The zero-order chi connectivity index (χ0) is 27.2. The van der Waals surface area contributed by atoms with E-state index in [-0.39, 0.29) is 17.8 Å². The summed E-state index contributed by atoms with van der Waals surface area (Å²) in [6.45, 7) is 5.59. The number of pyridine rings is 1. The molecule has 4 aromatic rings. The zero-order valence-corrected chi connectivity index (χ0v) is 22.4. The number of rotatable bonds is 6. The zero-order valence-electron chi connectivity index (χ0n) is 22.4. The number of fused-ring (bicyclic) bond motifs is 1. The van der Waals surface area contributed by atoms with Crippen molar-refractivity contribution < 1.29 is 14.3 Å². The van der Waals surface area contributed by atoms with Crippen molar-refractivity contribution in [2.45, 2.75) is 64.0 Å². The van der Waals surface area contributed by atoms with Gasteiger partial charge in [-0.3, -0.25) is 19.7 Å². The van der Waals surface area contributed by atoms with Crippen LogP contribution in [0, 0.1) is 5.92 Å². The molecule has 0 saturated heterocycles. The van der Waals surface area contributed by atoms with Crippen molar-refractivity contribution in [1.82, 2.24) is 24.8 Å². The number of alkyl carbamates (subject to hydrolysis) is 1. The van der Waals surface area contributed by atoms with E-state index in [1.807, 2.05) is 61.7 Å². The first-order chi connectivity index (χ1) is 18.7. The molecule has 2 fully saturated rings. The summed E-state index contributed by atoms with van der Waals surface area (Å²) in [7, 11) is 0. The summed E-state index contributed by atoms with van der Waals surface area (Å²) in [5.74, 6) is 0.309. The molecule has 39 heavy (non-hydrogen) atoms. The van der Waals surface area contributed by atoms with E-state index in [4.69, 9.17) is 9.72 Å². The van der Waals surface area contributed by atoms with E-state index < -0.39 is 17.2 Å². The first-order valence-electron chi connectivity index (χ1n) is 13.4. The summed E-state index contributed by atoms with van der Waals surface area (Å²) in [5.41, 5.74) is 3.26. The lowest BCUT2D eigenvalue weighted by atomic mass is 9.72. The van der Waals surface area contributed by atoms with Gasteiger partial charge in [0.15, 0.2) is 5.65 Å². The molecular formula is C30H32N6O3. The molecule has 1 aromatic carbocycles. The summed E-state index contributed by atoms with van der Waals surface area (Å²) in [4.78, 5) is 38.7. The minimum Gasteiger partial charge on any atom is -0.444 e. The normalized spacial score (nSPS) is 16.4. The van der Waals surface area contributed by atoms with Crippen molar-refractivity contribution in [3.63, 3.8) is 0 Å². The molecule has 0 spiro atoms. The summed E-state index contributed by atoms with van der Waals surface area (Å²) in [5, 5.41) is 6.82. The van der Waals surface area contributed by atoms with Crippen LogP contribution in [0.5, 0.6) is 0 Å². The van der Waals surface area contributed by atoms with Crippen molar-refractivity contribution in [3.05, 3.63) is 66.5 Å². The highest BCUT2D eigenvalue weighted by Crippen LogP contribution is 2.42. The van der Waals surface area contributed by atoms with E-state index in [1.54, 1.807) is 12.4 Å². The monoisotopic (exact) mass is 524 g/mol. The summed E-state index contributed by atoms with van der Waals surface area (Å²) in [6.07, 6.45) is 7.65. The Labute approximate surface area is 227 Å². The number of carbonyl (C=O) groups excluding carboxylic acids is 2. The van der Waals surface area contributed by atoms with Crippen molar-refractivity contribution in [2.75, 3.05) is 5.32 Å². The molecule has 3 heterocycles. The highest BCUT2D eigenvalue weighted by atomic mass is 16.6. The third kappa shape index (κ3) is 5.08. The molecule has 200 valence electrons. The average Bonchev–Trinajstić information content (AvgIpc) is 3.67. The molecule has 0 aliphatic heterocycles. The number of hydrogen-bond donors (Lipinski definition) is 2. The van der Waals surface area contributed by atoms with Crippen molar-refractivity contribution >= 4 is 29.0 Å². The maximum absolute atomic E-state index is 12.6. The fourth-order valence-corrected chi connectivity index (χ4v) is 5.02. The Balaban J connectivity index is 1.37. The summed E-state index contributed by atoms with van der Waals surface area (Å²) >= 11 is 0. The van der Waals surface area contributed by atoms with Crippen LogP contribution in [0.3, 0.4) is 0 Å². The number of amides is 2. The third-order valence-corrected chi connectivity index (χ3v) is 7.28. The van der Waals surface area contributed by atoms with Crippen LogP contribution < -0.4 is 10.6 Å². The van der Waals surface area contributed by atoms with Gasteiger partial charge in [0.25, 0.3) is 0 Å². The Morgan fingerprint density at radius 2 is 1.82 bits per heavy atom. The standard InChI is InChI=1S/C30H32N6O3/c1-29(2,3)39-28(38)35-30(14-6-15-30)21-10-12-22(13-11-21)36-24(23-7-4-5-16-31-23)17-20-18-32-27(33-25(20)36)34-26(37)19-8-9-19/h4-5,7,10-13,16-19H,6,8-9,14-15H2,1-3H3,(H,35,38)(H,32,33,34,37). The Bertz CT molecular complexity index is 1530. The number of aromatic nitrogens is 4. The maximum Gasteiger partial charge on any atom is 0.408 e. The third-order valence-electron chi connectivity index (χ3n) is 7.28. The smallest absolute Gasteiger partial charge is 0.408 e. The Hall–Kier alpha value is -4.27. The predicted octanol–water partition coefficient (Wildman–Crippen LogP) is 5.73. The van der Waals surface area contributed by atoms with Gasteiger partial charge in [-0.05, 0) is 88.8 Å². The first-order valence-corrected chi connectivity index (χ1v) is 13.4. The average molecular weight is 525 g/mol. The van der Waals surface area contributed by atoms with E-state index in [9.17, 15) is 9.59 Å². The number of ether oxygens (including phenoxy) is 1. The highest BCUT2D eigenvalue weighted by molar-refractivity contribution is 5.94.